The van der Waals surface area contributed by atoms with Crippen molar-refractivity contribution in [3.8, 4) is 11.5 Å². The number of aryl methyl sites for hydroxylation is 2. The Bertz CT molecular complexity index is 2040. The number of rotatable bonds is 6. The second-order valence-corrected chi connectivity index (χ2v) is 12.5. The Hall–Kier alpha value is -4.82. The number of H-pyrrole nitrogens is 1. The lowest BCUT2D eigenvalue weighted by molar-refractivity contribution is 0.0146. The maximum atomic E-state index is 6.00. The van der Waals surface area contributed by atoms with Gasteiger partial charge in [0.05, 0.1) is 41.1 Å². The molecule has 8 rings (SSSR count). The second-order valence-electron chi connectivity index (χ2n) is 12.5. The zero-order valence-corrected chi connectivity index (χ0v) is 25.3. The quantitative estimate of drug-likeness (QED) is 0.183. The zero-order valence-electron chi connectivity index (χ0n) is 25.3. The third-order valence-corrected chi connectivity index (χ3v) is 9.58. The van der Waals surface area contributed by atoms with Gasteiger partial charge in [-0.2, -0.15) is 0 Å². The first-order valence-electron chi connectivity index (χ1n) is 15.3. The number of hydrogen-bond acceptors (Lipinski definition) is 7. The minimum Gasteiger partial charge on any atom is -0.378 e. The summed E-state index contributed by atoms with van der Waals surface area (Å²) in [6.07, 6.45) is 5.03. The lowest BCUT2D eigenvalue weighted by Crippen LogP contribution is -2.28. The molecule has 8 nitrogen and oxygen atoms in total. The molecule has 4 aromatic heterocycles. The number of aromatic nitrogens is 5. The summed E-state index contributed by atoms with van der Waals surface area (Å²) < 4.78 is 6.00. The molecule has 0 spiro atoms. The van der Waals surface area contributed by atoms with Gasteiger partial charge in [-0.15, -0.1) is 0 Å². The average molecular weight is 582 g/mol. The van der Waals surface area contributed by atoms with Crippen LogP contribution in [0.5, 0.6) is 0 Å². The molecule has 0 amide bonds. The predicted octanol–water partition coefficient (Wildman–Crippen LogP) is 7.98. The maximum Gasteiger partial charge on any atom is 0.157 e. The van der Waals surface area contributed by atoms with Gasteiger partial charge in [-0.05, 0) is 105 Å². The van der Waals surface area contributed by atoms with Crippen LogP contribution in [0, 0.1) is 25.7 Å². The molecule has 1 saturated heterocycles. The van der Waals surface area contributed by atoms with E-state index in [-0.39, 0.29) is 11.5 Å². The van der Waals surface area contributed by atoms with Crippen LogP contribution in [-0.2, 0) is 10.2 Å². The van der Waals surface area contributed by atoms with Gasteiger partial charge in [0.1, 0.15) is 5.69 Å². The first kappa shape index (κ1) is 26.8. The normalized spacial score (nSPS) is 22.6. The molecule has 4 atom stereocenters. The third kappa shape index (κ3) is 4.57. The second kappa shape index (κ2) is 10.1. The molecule has 0 radical (unpaired) electrons. The lowest BCUT2D eigenvalue weighted by atomic mass is 9.84. The summed E-state index contributed by atoms with van der Waals surface area (Å²) in [5, 5.41) is 8.21. The Kier molecular flexibility index (Phi) is 6.17. The number of imidazole rings is 1. The highest BCUT2D eigenvalue weighted by atomic mass is 16.5. The number of aromatic amines is 1. The fourth-order valence-corrected chi connectivity index (χ4v) is 7.27. The van der Waals surface area contributed by atoms with Crippen LogP contribution in [0.3, 0.4) is 0 Å². The van der Waals surface area contributed by atoms with E-state index < -0.39 is 0 Å². The van der Waals surface area contributed by atoms with Gasteiger partial charge >= 0.3 is 0 Å². The van der Waals surface area contributed by atoms with Crippen LogP contribution in [0.2, 0.25) is 0 Å². The van der Waals surface area contributed by atoms with Crippen molar-refractivity contribution in [1.82, 2.24) is 24.9 Å². The van der Waals surface area contributed by atoms with E-state index in [1.807, 2.05) is 50.4 Å². The molecule has 8 heteroatoms. The van der Waals surface area contributed by atoms with Gasteiger partial charge in [-0.1, -0.05) is 13.0 Å². The summed E-state index contributed by atoms with van der Waals surface area (Å²) in [6.45, 7) is 9.44. The van der Waals surface area contributed by atoms with E-state index >= 15 is 0 Å². The highest BCUT2D eigenvalue weighted by molar-refractivity contribution is 5.94. The smallest absolute Gasteiger partial charge is 0.157 e. The lowest BCUT2D eigenvalue weighted by Gasteiger charge is -2.28. The van der Waals surface area contributed by atoms with Crippen LogP contribution in [0.15, 0.2) is 79.1 Å². The van der Waals surface area contributed by atoms with Crippen molar-refractivity contribution in [3.05, 3.63) is 96.1 Å². The molecule has 3 N–H and O–H groups in total. The molecule has 2 aromatic carbocycles. The summed E-state index contributed by atoms with van der Waals surface area (Å²) in [5.74, 6) is 1.95. The molecule has 0 bridgehead atoms. The van der Waals surface area contributed by atoms with Gasteiger partial charge in [-0.25, -0.2) is 4.98 Å². The van der Waals surface area contributed by atoms with E-state index in [1.54, 1.807) is 6.20 Å². The molecule has 220 valence electrons. The molecule has 1 aliphatic heterocycles. The first-order chi connectivity index (χ1) is 21.4. The summed E-state index contributed by atoms with van der Waals surface area (Å²) >= 11 is 0. The Labute approximate surface area is 256 Å². The van der Waals surface area contributed by atoms with E-state index in [2.05, 4.69) is 70.8 Å². The average Bonchev–Trinajstić information content (AvgIpc) is 3.37. The molecule has 44 heavy (non-hydrogen) atoms. The standard InChI is InChI=1S/C36H35N7O/c1-20-13-26(11-12-37-20)40-25-6-9-31-34(16-25)43-35(42-31)32-10-7-27(18-38-32)41-33-14-21(2)39-30-8-5-24(15-28(30)33)36-17-22(3)44-19-29(36)23(36)4/h5-16,18,22-23,29H,17,19H2,1-4H3,(H,37,40)(H,39,41)(H,42,43). The summed E-state index contributed by atoms with van der Waals surface area (Å²) in [4.78, 5) is 22.1. The number of nitrogens with zero attached hydrogens (tertiary/aromatic N) is 4. The Morgan fingerprint density at radius 2 is 1.66 bits per heavy atom. The van der Waals surface area contributed by atoms with Crippen LogP contribution < -0.4 is 10.6 Å². The zero-order chi connectivity index (χ0) is 30.0. The van der Waals surface area contributed by atoms with Gasteiger partial charge < -0.3 is 20.4 Å². The first-order valence-corrected chi connectivity index (χ1v) is 15.3. The summed E-state index contributed by atoms with van der Waals surface area (Å²) in [7, 11) is 0. The molecule has 6 aromatic rings. The monoisotopic (exact) mass is 581 g/mol. The fraction of sp³-hybridized carbons (Fsp3) is 0.278. The van der Waals surface area contributed by atoms with E-state index in [9.17, 15) is 0 Å². The van der Waals surface area contributed by atoms with Crippen molar-refractivity contribution in [1.29, 1.82) is 0 Å². The van der Waals surface area contributed by atoms with E-state index in [0.29, 0.717) is 11.8 Å². The van der Waals surface area contributed by atoms with E-state index in [0.717, 1.165) is 80.6 Å². The molecule has 1 saturated carbocycles. The predicted molar refractivity (Wildman–Crippen MR) is 176 cm³/mol. The van der Waals surface area contributed by atoms with Crippen LogP contribution in [-0.4, -0.2) is 37.6 Å². The number of nitrogens with one attached hydrogen (secondary N) is 3. The highest BCUT2D eigenvalue weighted by Crippen LogP contribution is 2.65. The molecule has 1 aliphatic carbocycles. The molecule has 2 fully saturated rings. The highest BCUT2D eigenvalue weighted by Gasteiger charge is 2.64. The van der Waals surface area contributed by atoms with E-state index in [4.69, 9.17) is 19.7 Å². The van der Waals surface area contributed by atoms with Crippen molar-refractivity contribution in [2.45, 2.75) is 45.6 Å². The van der Waals surface area contributed by atoms with Crippen molar-refractivity contribution >= 4 is 44.7 Å². The fourth-order valence-electron chi connectivity index (χ4n) is 7.27. The Morgan fingerprint density at radius 1 is 0.818 bits per heavy atom. The van der Waals surface area contributed by atoms with Gasteiger partial charge in [0.25, 0.3) is 0 Å². The van der Waals surface area contributed by atoms with E-state index in [1.165, 1.54) is 5.56 Å². The van der Waals surface area contributed by atoms with Crippen LogP contribution in [0.4, 0.5) is 22.7 Å². The number of hydrogen-bond donors (Lipinski definition) is 3. The number of ether oxygens (including phenoxy) is 1. The minimum atomic E-state index is 0.207. The molecule has 5 heterocycles. The van der Waals surface area contributed by atoms with Crippen LogP contribution in [0.25, 0.3) is 33.5 Å². The maximum absolute atomic E-state index is 6.00. The Balaban J connectivity index is 1.05. The Morgan fingerprint density at radius 3 is 2.50 bits per heavy atom. The number of pyridine rings is 3. The summed E-state index contributed by atoms with van der Waals surface area (Å²) in [6, 6.07) is 23.1. The molecule has 4 unspecified atom stereocenters. The minimum absolute atomic E-state index is 0.207. The molecular weight excluding hydrogens is 546 g/mol. The van der Waals surface area contributed by atoms with Crippen molar-refractivity contribution in [3.63, 3.8) is 0 Å². The van der Waals surface area contributed by atoms with Gasteiger partial charge in [-0.3, -0.25) is 15.0 Å². The van der Waals surface area contributed by atoms with Crippen molar-refractivity contribution in [2.75, 3.05) is 17.2 Å². The van der Waals surface area contributed by atoms with Gasteiger partial charge in [0, 0.05) is 45.4 Å². The molecular formula is C36H35N7O. The summed E-state index contributed by atoms with van der Waals surface area (Å²) in [5.41, 5.74) is 11.1. The van der Waals surface area contributed by atoms with Gasteiger partial charge in [0.2, 0.25) is 0 Å². The SMILES string of the molecule is Cc1cc(Nc2ccc3nc(-c4ccc(Nc5cc(C)nc6ccc(C78CC(C)OCC7C8C)cc56)cn4)[nH]c3c2)ccn1. The number of benzene rings is 2. The largest absolute Gasteiger partial charge is 0.378 e. The van der Waals surface area contributed by atoms with Crippen LogP contribution >= 0.6 is 0 Å². The van der Waals surface area contributed by atoms with Crippen molar-refractivity contribution in [2.24, 2.45) is 11.8 Å². The third-order valence-electron chi connectivity index (χ3n) is 9.58. The van der Waals surface area contributed by atoms with Gasteiger partial charge in [0.15, 0.2) is 5.82 Å². The molecule has 2 aliphatic rings. The number of anilines is 4. The van der Waals surface area contributed by atoms with Crippen molar-refractivity contribution < 1.29 is 4.74 Å². The van der Waals surface area contributed by atoms with Crippen LogP contribution in [0.1, 0.15) is 37.2 Å². The topological polar surface area (TPSA) is 101 Å². The number of fused-ring (bicyclic) bond motifs is 3.